The van der Waals surface area contributed by atoms with Crippen molar-refractivity contribution in [2.24, 2.45) is 0 Å². The van der Waals surface area contributed by atoms with E-state index in [1.54, 1.807) is 27.9 Å². The van der Waals surface area contributed by atoms with Crippen LogP contribution in [0.5, 0.6) is 0 Å². The standard InChI is InChI=1S/C31H35F4N5O2/c1-20-8-7-11-25(32)29(20)37-15-13-23(14-16-37)40-21(2)28-26(19-39(36-28)27-12-5-6-17-42-27)38(30(40)41)18-22-9-3-4-10-24(22)31(33,34)35/h3-4,7-11,19,21,23,27H,5-6,12-18H2,1-2H3. The molecule has 0 bridgehead atoms. The lowest BCUT2D eigenvalue weighted by Crippen LogP contribution is -2.55. The van der Waals surface area contributed by atoms with Gasteiger partial charge in [0, 0.05) is 25.7 Å². The van der Waals surface area contributed by atoms with Gasteiger partial charge in [0.25, 0.3) is 0 Å². The Labute approximate surface area is 242 Å². The number of hydrogen-bond acceptors (Lipinski definition) is 4. The van der Waals surface area contributed by atoms with Crippen LogP contribution in [0.25, 0.3) is 0 Å². The molecule has 6 rings (SSSR count). The van der Waals surface area contributed by atoms with Gasteiger partial charge in [-0.1, -0.05) is 30.3 Å². The van der Waals surface area contributed by atoms with Crippen LogP contribution in [-0.4, -0.2) is 46.4 Å². The van der Waals surface area contributed by atoms with Crippen molar-refractivity contribution in [1.82, 2.24) is 14.7 Å². The molecular formula is C31H35F4N5O2. The molecule has 0 saturated carbocycles. The van der Waals surface area contributed by atoms with Crippen molar-refractivity contribution in [3.63, 3.8) is 0 Å². The average molecular weight is 586 g/mol. The zero-order chi connectivity index (χ0) is 29.6. The molecule has 0 N–H and O–H groups in total. The zero-order valence-electron chi connectivity index (χ0n) is 23.8. The number of rotatable bonds is 5. The Morgan fingerprint density at radius 3 is 2.48 bits per heavy atom. The fourth-order valence-electron chi connectivity index (χ4n) is 6.64. The second-order valence-corrected chi connectivity index (χ2v) is 11.4. The minimum Gasteiger partial charge on any atom is -0.369 e. The molecule has 0 aliphatic carbocycles. The van der Waals surface area contributed by atoms with E-state index < -0.39 is 17.8 Å². The van der Waals surface area contributed by atoms with Crippen molar-refractivity contribution in [2.75, 3.05) is 29.5 Å². The maximum absolute atomic E-state index is 14.7. The summed E-state index contributed by atoms with van der Waals surface area (Å²) in [4.78, 5) is 19.4. The van der Waals surface area contributed by atoms with Crippen molar-refractivity contribution in [3.8, 4) is 0 Å². The van der Waals surface area contributed by atoms with E-state index in [1.807, 2.05) is 24.8 Å². The second kappa shape index (κ2) is 11.2. The summed E-state index contributed by atoms with van der Waals surface area (Å²) in [6.45, 7) is 5.28. The number of benzene rings is 2. The number of anilines is 2. The molecule has 0 spiro atoms. The number of para-hydroxylation sites is 1. The summed E-state index contributed by atoms with van der Waals surface area (Å²) in [6, 6.07) is 9.48. The predicted octanol–water partition coefficient (Wildman–Crippen LogP) is 7.22. The number of piperidine rings is 1. The van der Waals surface area contributed by atoms with E-state index in [4.69, 9.17) is 9.84 Å². The summed E-state index contributed by atoms with van der Waals surface area (Å²) in [5, 5.41) is 4.86. The van der Waals surface area contributed by atoms with Gasteiger partial charge in [-0.3, -0.25) is 4.90 Å². The van der Waals surface area contributed by atoms with Crippen LogP contribution in [0.1, 0.15) is 73.7 Å². The fraction of sp³-hybridized carbons (Fsp3) is 0.484. The minimum atomic E-state index is -4.55. The normalized spacial score (nSPS) is 22.0. The van der Waals surface area contributed by atoms with E-state index in [2.05, 4.69) is 0 Å². The Morgan fingerprint density at radius 1 is 1.02 bits per heavy atom. The van der Waals surface area contributed by atoms with E-state index in [-0.39, 0.29) is 36.2 Å². The second-order valence-electron chi connectivity index (χ2n) is 11.4. The summed E-state index contributed by atoms with van der Waals surface area (Å²) < 4.78 is 64.1. The highest BCUT2D eigenvalue weighted by Crippen LogP contribution is 2.42. The van der Waals surface area contributed by atoms with Crippen molar-refractivity contribution in [2.45, 2.75) is 77.0 Å². The largest absolute Gasteiger partial charge is 0.416 e. The van der Waals surface area contributed by atoms with Crippen molar-refractivity contribution in [1.29, 1.82) is 0 Å². The first-order valence-electron chi connectivity index (χ1n) is 14.6. The Morgan fingerprint density at radius 2 is 1.79 bits per heavy atom. The highest BCUT2D eigenvalue weighted by atomic mass is 19.4. The first-order valence-corrected chi connectivity index (χ1v) is 14.6. The van der Waals surface area contributed by atoms with Gasteiger partial charge < -0.3 is 14.5 Å². The van der Waals surface area contributed by atoms with Gasteiger partial charge >= 0.3 is 12.2 Å². The molecule has 2 aromatic carbocycles. The van der Waals surface area contributed by atoms with E-state index in [9.17, 15) is 22.4 Å². The number of amides is 2. The molecule has 3 aliphatic rings. The average Bonchev–Trinajstić information content (AvgIpc) is 3.42. The zero-order valence-corrected chi connectivity index (χ0v) is 23.8. The maximum atomic E-state index is 14.7. The number of nitrogens with zero attached hydrogens (tertiary/aromatic N) is 5. The number of aromatic nitrogens is 2. The van der Waals surface area contributed by atoms with E-state index in [1.165, 1.54) is 23.1 Å². The summed E-state index contributed by atoms with van der Waals surface area (Å²) in [6.07, 6.45) is 0.829. The molecule has 1 aromatic heterocycles. The lowest BCUT2D eigenvalue weighted by atomic mass is 9.97. The lowest BCUT2D eigenvalue weighted by Gasteiger charge is -2.46. The fourth-order valence-corrected chi connectivity index (χ4v) is 6.64. The van der Waals surface area contributed by atoms with Crippen LogP contribution in [0.2, 0.25) is 0 Å². The molecule has 3 aliphatic heterocycles. The number of aryl methyl sites for hydroxylation is 1. The molecule has 2 unspecified atom stereocenters. The third kappa shape index (κ3) is 5.23. The lowest BCUT2D eigenvalue weighted by molar-refractivity contribution is -0.138. The smallest absolute Gasteiger partial charge is 0.369 e. The summed E-state index contributed by atoms with van der Waals surface area (Å²) in [7, 11) is 0. The molecule has 0 radical (unpaired) electrons. The number of hydrogen-bond donors (Lipinski definition) is 0. The molecule has 4 heterocycles. The van der Waals surface area contributed by atoms with Gasteiger partial charge in [0.15, 0.2) is 0 Å². The first-order chi connectivity index (χ1) is 20.1. The quantitative estimate of drug-likeness (QED) is 0.297. The number of carbonyl (C=O) groups excluding carboxylic acids is 1. The van der Waals surface area contributed by atoms with Gasteiger partial charge in [-0.2, -0.15) is 18.3 Å². The third-order valence-corrected chi connectivity index (χ3v) is 8.76. The topological polar surface area (TPSA) is 53.8 Å². The molecule has 7 nitrogen and oxygen atoms in total. The molecule has 3 aromatic rings. The molecule has 2 fully saturated rings. The van der Waals surface area contributed by atoms with Crippen molar-refractivity contribution in [3.05, 3.63) is 76.9 Å². The van der Waals surface area contributed by atoms with Crippen LogP contribution in [-0.2, 0) is 17.5 Å². The Bertz CT molecular complexity index is 1420. The van der Waals surface area contributed by atoms with Crippen LogP contribution in [0.3, 0.4) is 0 Å². The van der Waals surface area contributed by atoms with Crippen LogP contribution < -0.4 is 9.80 Å². The van der Waals surface area contributed by atoms with E-state index in [0.29, 0.717) is 49.6 Å². The molecule has 224 valence electrons. The monoisotopic (exact) mass is 585 g/mol. The Hall–Kier alpha value is -3.60. The van der Waals surface area contributed by atoms with Crippen LogP contribution in [0.15, 0.2) is 48.7 Å². The molecule has 2 atom stereocenters. The SMILES string of the molecule is Cc1cccc(F)c1N1CCC(N2C(=O)N(Cc3ccccc3C(F)(F)F)c3cn(C4CCCCO4)nc3C2C)CC1. The highest BCUT2D eigenvalue weighted by Gasteiger charge is 2.44. The molecule has 42 heavy (non-hydrogen) atoms. The van der Waals surface area contributed by atoms with Gasteiger partial charge in [0.2, 0.25) is 0 Å². The highest BCUT2D eigenvalue weighted by molar-refractivity contribution is 5.95. The molecule has 2 amide bonds. The number of carbonyl (C=O) groups is 1. The number of fused-ring (bicyclic) bond motifs is 1. The first kappa shape index (κ1) is 28.5. The van der Waals surface area contributed by atoms with Crippen LogP contribution in [0, 0.1) is 12.7 Å². The van der Waals surface area contributed by atoms with Crippen LogP contribution >= 0.6 is 0 Å². The molecular weight excluding hydrogens is 550 g/mol. The van der Waals surface area contributed by atoms with Gasteiger partial charge in [-0.05, 0) is 69.2 Å². The maximum Gasteiger partial charge on any atom is 0.416 e. The number of ether oxygens (including phenoxy) is 1. The summed E-state index contributed by atoms with van der Waals surface area (Å²) in [5.41, 5.74) is 1.83. The molecule has 2 saturated heterocycles. The van der Waals surface area contributed by atoms with E-state index in [0.717, 1.165) is 30.9 Å². The minimum absolute atomic E-state index is 0.0188. The number of alkyl halides is 3. The number of urea groups is 1. The van der Waals surface area contributed by atoms with E-state index >= 15 is 0 Å². The molecule has 11 heteroatoms. The Balaban J connectivity index is 1.32. The number of halogens is 4. The van der Waals surface area contributed by atoms with Gasteiger partial charge in [0.05, 0.1) is 35.7 Å². The third-order valence-electron chi connectivity index (χ3n) is 8.76. The summed E-state index contributed by atoms with van der Waals surface area (Å²) in [5.74, 6) is -0.273. The van der Waals surface area contributed by atoms with Crippen molar-refractivity contribution >= 4 is 17.4 Å². The van der Waals surface area contributed by atoms with Gasteiger partial charge in [-0.25, -0.2) is 13.9 Å². The van der Waals surface area contributed by atoms with Crippen LogP contribution in [0.4, 0.5) is 33.7 Å². The van der Waals surface area contributed by atoms with Gasteiger partial charge in [-0.15, -0.1) is 0 Å². The predicted molar refractivity (Wildman–Crippen MR) is 151 cm³/mol. The Kier molecular flexibility index (Phi) is 7.63. The van der Waals surface area contributed by atoms with Gasteiger partial charge in [0.1, 0.15) is 17.7 Å². The summed E-state index contributed by atoms with van der Waals surface area (Å²) >= 11 is 0. The van der Waals surface area contributed by atoms with Crippen molar-refractivity contribution < 1.29 is 27.1 Å².